The normalized spacial score (nSPS) is 11.0. The number of anilines is 1. The quantitative estimate of drug-likeness (QED) is 0.593. The maximum absolute atomic E-state index is 6.00. The van der Waals surface area contributed by atoms with Crippen molar-refractivity contribution in [3.05, 3.63) is 72.6 Å². The molecule has 0 fully saturated rings. The van der Waals surface area contributed by atoms with Crippen molar-refractivity contribution in [1.82, 2.24) is 4.98 Å². The van der Waals surface area contributed by atoms with Gasteiger partial charge >= 0.3 is 0 Å². The van der Waals surface area contributed by atoms with E-state index in [2.05, 4.69) is 28.5 Å². The van der Waals surface area contributed by atoms with Crippen LogP contribution in [0.1, 0.15) is 5.56 Å². The van der Waals surface area contributed by atoms with Gasteiger partial charge in [-0.1, -0.05) is 30.3 Å². The highest BCUT2D eigenvalue weighted by Gasteiger charge is 2.09. The van der Waals surface area contributed by atoms with E-state index in [0.29, 0.717) is 0 Å². The summed E-state index contributed by atoms with van der Waals surface area (Å²) in [5, 5.41) is 5.74. The van der Waals surface area contributed by atoms with Crippen LogP contribution >= 0.6 is 0 Å². The summed E-state index contributed by atoms with van der Waals surface area (Å²) in [6.07, 6.45) is 3.61. The monoisotopic (exact) mass is 274 g/mol. The Morgan fingerprint density at radius 3 is 2.57 bits per heavy atom. The number of fused-ring (bicyclic) bond motifs is 3. The molecule has 0 aliphatic carbocycles. The van der Waals surface area contributed by atoms with E-state index in [9.17, 15) is 0 Å². The Kier molecular flexibility index (Phi) is 2.82. The lowest BCUT2D eigenvalue weighted by atomic mass is 10.1. The molecule has 21 heavy (non-hydrogen) atoms. The molecule has 0 radical (unpaired) electrons. The fourth-order valence-corrected chi connectivity index (χ4v) is 2.58. The van der Waals surface area contributed by atoms with Gasteiger partial charge in [0.2, 0.25) is 0 Å². The fourth-order valence-electron chi connectivity index (χ4n) is 2.58. The van der Waals surface area contributed by atoms with Crippen molar-refractivity contribution in [3.8, 4) is 0 Å². The average molecular weight is 274 g/mol. The van der Waals surface area contributed by atoms with Crippen LogP contribution < -0.4 is 5.32 Å². The third-order valence-electron chi connectivity index (χ3n) is 3.64. The second-order valence-corrected chi connectivity index (χ2v) is 4.99. The van der Waals surface area contributed by atoms with E-state index in [1.165, 1.54) is 5.56 Å². The molecule has 0 unspecified atom stereocenters. The minimum atomic E-state index is 0.749. The van der Waals surface area contributed by atoms with Crippen molar-refractivity contribution in [2.24, 2.45) is 0 Å². The number of hydrogen-bond donors (Lipinski definition) is 1. The molecule has 4 rings (SSSR count). The first-order valence-electron chi connectivity index (χ1n) is 6.95. The van der Waals surface area contributed by atoms with E-state index < -0.39 is 0 Å². The highest BCUT2D eigenvalue weighted by atomic mass is 16.3. The lowest BCUT2D eigenvalue weighted by Gasteiger charge is -2.06. The highest BCUT2D eigenvalue weighted by molar-refractivity contribution is 6.08. The Hall–Kier alpha value is -2.81. The van der Waals surface area contributed by atoms with Crippen LogP contribution in [-0.4, -0.2) is 4.98 Å². The zero-order chi connectivity index (χ0) is 14.1. The number of rotatable bonds is 3. The minimum absolute atomic E-state index is 0.749. The Labute approximate surface area is 122 Å². The minimum Gasteiger partial charge on any atom is -0.454 e. The molecule has 2 aromatic carbocycles. The third-order valence-corrected chi connectivity index (χ3v) is 3.64. The number of pyridine rings is 1. The van der Waals surface area contributed by atoms with E-state index in [-0.39, 0.29) is 0 Å². The average Bonchev–Trinajstić information content (AvgIpc) is 2.93. The number of hydrogen-bond acceptors (Lipinski definition) is 3. The van der Waals surface area contributed by atoms with E-state index in [1.54, 1.807) is 12.4 Å². The summed E-state index contributed by atoms with van der Waals surface area (Å²) in [6, 6.07) is 18.3. The van der Waals surface area contributed by atoms with Gasteiger partial charge in [0.15, 0.2) is 5.58 Å². The lowest BCUT2D eigenvalue weighted by molar-refractivity contribution is 0.669. The van der Waals surface area contributed by atoms with Crippen LogP contribution in [0.15, 0.2) is 71.4 Å². The van der Waals surface area contributed by atoms with Crippen LogP contribution in [0.5, 0.6) is 0 Å². The molecule has 0 saturated carbocycles. The van der Waals surface area contributed by atoms with Gasteiger partial charge in [0, 0.05) is 29.7 Å². The molecule has 0 bridgehead atoms. The maximum atomic E-state index is 6.00. The first-order chi connectivity index (χ1) is 10.4. The zero-order valence-corrected chi connectivity index (χ0v) is 11.4. The topological polar surface area (TPSA) is 38.1 Å². The Morgan fingerprint density at radius 1 is 0.857 bits per heavy atom. The van der Waals surface area contributed by atoms with E-state index in [0.717, 1.165) is 34.2 Å². The molecular weight excluding hydrogens is 260 g/mol. The first kappa shape index (κ1) is 12.0. The molecule has 0 aliphatic heterocycles. The number of furan rings is 1. The highest BCUT2D eigenvalue weighted by Crippen LogP contribution is 2.33. The van der Waals surface area contributed by atoms with Crippen molar-refractivity contribution < 1.29 is 4.42 Å². The van der Waals surface area contributed by atoms with Gasteiger partial charge in [-0.05, 0) is 29.8 Å². The van der Waals surface area contributed by atoms with Gasteiger partial charge in [-0.25, -0.2) is 0 Å². The van der Waals surface area contributed by atoms with Crippen LogP contribution in [0.4, 0.5) is 5.69 Å². The molecule has 0 aliphatic rings. The van der Waals surface area contributed by atoms with E-state index in [4.69, 9.17) is 4.42 Å². The van der Waals surface area contributed by atoms with Crippen molar-refractivity contribution in [2.45, 2.75) is 6.54 Å². The molecule has 0 amide bonds. The maximum Gasteiger partial charge on any atom is 0.158 e. The van der Waals surface area contributed by atoms with Crippen molar-refractivity contribution >= 4 is 27.6 Å². The summed E-state index contributed by atoms with van der Waals surface area (Å²) in [5.74, 6) is 0. The van der Waals surface area contributed by atoms with Crippen molar-refractivity contribution in [2.75, 3.05) is 5.32 Å². The number of para-hydroxylation sites is 2. The second kappa shape index (κ2) is 4.94. The van der Waals surface area contributed by atoms with Gasteiger partial charge in [0.1, 0.15) is 5.58 Å². The predicted molar refractivity (Wildman–Crippen MR) is 85.3 cm³/mol. The lowest BCUT2D eigenvalue weighted by Crippen LogP contribution is -1.99. The summed E-state index contributed by atoms with van der Waals surface area (Å²) >= 11 is 0. The van der Waals surface area contributed by atoms with Gasteiger partial charge in [0.05, 0.1) is 5.69 Å². The number of aromatic nitrogens is 1. The molecule has 3 nitrogen and oxygen atoms in total. The van der Waals surface area contributed by atoms with Crippen LogP contribution in [0.25, 0.3) is 21.9 Å². The van der Waals surface area contributed by atoms with Crippen LogP contribution in [0.3, 0.4) is 0 Å². The largest absolute Gasteiger partial charge is 0.454 e. The number of nitrogens with zero attached hydrogens (tertiary/aromatic N) is 1. The summed E-state index contributed by atoms with van der Waals surface area (Å²) < 4.78 is 6.00. The zero-order valence-electron chi connectivity index (χ0n) is 11.4. The molecule has 2 aromatic heterocycles. The second-order valence-electron chi connectivity index (χ2n) is 4.99. The summed E-state index contributed by atoms with van der Waals surface area (Å²) in [5.41, 5.74) is 4.04. The summed E-state index contributed by atoms with van der Waals surface area (Å²) in [7, 11) is 0. The van der Waals surface area contributed by atoms with Gasteiger partial charge in [0.25, 0.3) is 0 Å². The third kappa shape index (κ3) is 2.13. The van der Waals surface area contributed by atoms with Gasteiger partial charge in [-0.2, -0.15) is 0 Å². The van der Waals surface area contributed by atoms with Crippen LogP contribution in [-0.2, 0) is 6.54 Å². The Balaban J connectivity index is 1.75. The molecule has 0 atom stereocenters. The molecule has 4 aromatic rings. The molecule has 0 spiro atoms. The Bertz CT molecular complexity index is 897. The predicted octanol–water partition coefficient (Wildman–Crippen LogP) is 4.59. The molecule has 3 heteroatoms. The van der Waals surface area contributed by atoms with E-state index >= 15 is 0 Å². The Morgan fingerprint density at radius 2 is 1.67 bits per heavy atom. The number of benzene rings is 2. The summed E-state index contributed by atoms with van der Waals surface area (Å²) in [4.78, 5) is 4.03. The van der Waals surface area contributed by atoms with Crippen LogP contribution in [0, 0.1) is 0 Å². The van der Waals surface area contributed by atoms with Gasteiger partial charge in [-0.15, -0.1) is 0 Å². The van der Waals surface area contributed by atoms with Gasteiger partial charge < -0.3 is 9.73 Å². The smallest absolute Gasteiger partial charge is 0.158 e. The summed E-state index contributed by atoms with van der Waals surface area (Å²) in [6.45, 7) is 0.749. The van der Waals surface area contributed by atoms with Crippen LogP contribution in [0.2, 0.25) is 0 Å². The molecule has 0 saturated heterocycles. The molecule has 2 heterocycles. The van der Waals surface area contributed by atoms with Gasteiger partial charge in [-0.3, -0.25) is 4.98 Å². The SMILES string of the molecule is c1ccc2c(c1)oc1c(NCc3ccncc3)cccc12. The first-order valence-corrected chi connectivity index (χ1v) is 6.95. The number of nitrogens with one attached hydrogen (secondary N) is 1. The van der Waals surface area contributed by atoms with E-state index in [1.807, 2.05) is 36.4 Å². The molecular formula is C18H14N2O. The molecule has 1 N–H and O–H groups in total. The molecule has 102 valence electrons. The fraction of sp³-hybridized carbons (Fsp3) is 0.0556. The standard InChI is InChI=1S/C18H14N2O/c1-2-7-17-14(4-1)15-5-3-6-16(18(15)21-17)20-12-13-8-10-19-11-9-13/h1-11,20H,12H2. The van der Waals surface area contributed by atoms with Crippen molar-refractivity contribution in [1.29, 1.82) is 0 Å². The van der Waals surface area contributed by atoms with Crippen molar-refractivity contribution in [3.63, 3.8) is 0 Å².